The fourth-order valence-corrected chi connectivity index (χ4v) is 5.64. The van der Waals surface area contributed by atoms with Crippen LogP contribution in [0.15, 0.2) is 24.3 Å². The van der Waals surface area contributed by atoms with Crippen molar-refractivity contribution in [3.05, 3.63) is 35.4 Å². The number of hydrogen-bond donors (Lipinski definition) is 9. The first kappa shape index (κ1) is 33.2. The Bertz CT molecular complexity index is 1320. The molecule has 0 aromatic heterocycles. The van der Waals surface area contributed by atoms with Crippen LogP contribution >= 0.6 is 0 Å². The molecule has 250 valence electrons. The predicted octanol–water partition coefficient (Wildman–Crippen LogP) is -2.51. The Morgan fingerprint density at radius 3 is 1.84 bits per heavy atom. The average Bonchev–Trinajstić information content (AvgIpc) is 3.04. The normalized spacial score (nSPS) is 34.8. The Hall–Kier alpha value is -3.16. The minimum atomic E-state index is -1.76. The fraction of sp³-hybridized carbons (Fsp3) is 0.586. The van der Waals surface area contributed by atoms with E-state index in [0.717, 1.165) is 5.56 Å². The van der Waals surface area contributed by atoms with Gasteiger partial charge < -0.3 is 79.1 Å². The summed E-state index contributed by atoms with van der Waals surface area (Å²) in [7, 11) is 2.57. The maximum Gasteiger partial charge on any atom is 0.229 e. The maximum absolute atomic E-state index is 10.7. The second-order valence-corrected chi connectivity index (χ2v) is 11.0. The first-order chi connectivity index (χ1) is 21.5. The number of benzene rings is 2. The molecule has 16 heteroatoms. The van der Waals surface area contributed by atoms with Crippen molar-refractivity contribution in [3.63, 3.8) is 0 Å². The molecule has 0 aliphatic carbocycles. The van der Waals surface area contributed by atoms with E-state index >= 15 is 0 Å². The van der Waals surface area contributed by atoms with Gasteiger partial charge in [0.2, 0.25) is 24.1 Å². The van der Waals surface area contributed by atoms with Gasteiger partial charge in [0, 0.05) is 17.5 Å². The maximum atomic E-state index is 10.7. The van der Waals surface area contributed by atoms with Crippen LogP contribution in [0.5, 0.6) is 34.5 Å². The summed E-state index contributed by atoms with van der Waals surface area (Å²) in [5.74, 6) is -0.357. The van der Waals surface area contributed by atoms with Gasteiger partial charge in [0.1, 0.15) is 60.3 Å². The molecule has 0 spiro atoms. The van der Waals surface area contributed by atoms with Crippen LogP contribution in [-0.4, -0.2) is 141 Å². The Kier molecular flexibility index (Phi) is 10.1. The third kappa shape index (κ3) is 6.31. The van der Waals surface area contributed by atoms with E-state index in [4.69, 9.17) is 33.2 Å². The van der Waals surface area contributed by atoms with E-state index in [1.165, 1.54) is 32.4 Å². The zero-order valence-electron chi connectivity index (χ0n) is 24.4. The molecule has 3 aliphatic heterocycles. The SMILES string of the molecule is COc1c(O[C@@H]2O[C@H](CO)[C@H](O)[C@H](O)[C@H]2O)cc([C@@H]2COc3cc(O)ccc3C2)c(O[C@@H]2O[C@@H](CO)[C@H](O)[C@H](O)[C@@H]2O)c1OC. The zero-order valence-corrected chi connectivity index (χ0v) is 24.4. The summed E-state index contributed by atoms with van der Waals surface area (Å²) < 4.78 is 40.3. The molecule has 0 bridgehead atoms. The fourth-order valence-electron chi connectivity index (χ4n) is 5.64. The van der Waals surface area contributed by atoms with Gasteiger partial charge in [-0.25, -0.2) is 0 Å². The monoisotopic (exact) mass is 642 g/mol. The molecule has 2 aromatic carbocycles. The molecule has 11 atom stereocenters. The number of aliphatic hydroxyl groups is 8. The number of aromatic hydroxyl groups is 1. The molecule has 2 aromatic rings. The van der Waals surface area contributed by atoms with Gasteiger partial charge >= 0.3 is 0 Å². The molecule has 0 amide bonds. The molecule has 0 radical (unpaired) electrons. The molecule has 3 heterocycles. The van der Waals surface area contributed by atoms with E-state index in [0.29, 0.717) is 17.7 Å². The van der Waals surface area contributed by atoms with Crippen molar-refractivity contribution < 1.29 is 79.1 Å². The van der Waals surface area contributed by atoms with Crippen LogP contribution in [0.4, 0.5) is 0 Å². The standard InChI is InChI=1S/C29H38O16/c1-39-26-16(42-28-23(37)21(35)19(33)17(8-30)43-28)7-14(12-5-11-3-4-13(32)6-15(11)41-10-12)25(27(26)40-2)45-29-24(38)22(36)20(34)18(9-31)44-29/h3-4,6-7,12,17-24,28-38H,5,8-10H2,1-2H3/t12-,17+,18-,19-,20-,21-,22-,23+,24-,28+,29-/m0/s1. The summed E-state index contributed by atoms with van der Waals surface area (Å²) in [6.45, 7) is -1.32. The largest absolute Gasteiger partial charge is 0.508 e. The minimum Gasteiger partial charge on any atom is -0.508 e. The zero-order chi connectivity index (χ0) is 32.6. The van der Waals surface area contributed by atoms with Crippen molar-refractivity contribution in [1.29, 1.82) is 0 Å². The van der Waals surface area contributed by atoms with Gasteiger partial charge in [-0.3, -0.25) is 0 Å². The van der Waals surface area contributed by atoms with Crippen molar-refractivity contribution >= 4 is 0 Å². The molecule has 16 nitrogen and oxygen atoms in total. The van der Waals surface area contributed by atoms with Gasteiger partial charge in [0.15, 0.2) is 11.5 Å². The van der Waals surface area contributed by atoms with Crippen LogP contribution in [0, 0.1) is 0 Å². The number of hydrogen-bond acceptors (Lipinski definition) is 16. The lowest BCUT2D eigenvalue weighted by Gasteiger charge is -2.41. The molecule has 9 N–H and O–H groups in total. The number of fused-ring (bicyclic) bond motifs is 1. The smallest absolute Gasteiger partial charge is 0.229 e. The van der Waals surface area contributed by atoms with Gasteiger partial charge in [0.05, 0.1) is 34.0 Å². The topological polar surface area (TPSA) is 247 Å². The summed E-state index contributed by atoms with van der Waals surface area (Å²) in [6.07, 6.45) is -15.6. The molecule has 5 rings (SSSR count). The molecule has 0 saturated carbocycles. The number of aliphatic hydroxyl groups excluding tert-OH is 8. The Labute approximate surface area is 257 Å². The lowest BCUT2D eigenvalue weighted by Crippen LogP contribution is -2.60. The van der Waals surface area contributed by atoms with Crippen molar-refractivity contribution in [1.82, 2.24) is 0 Å². The Morgan fingerprint density at radius 2 is 1.29 bits per heavy atom. The third-order valence-corrected chi connectivity index (χ3v) is 8.16. The van der Waals surface area contributed by atoms with E-state index in [2.05, 4.69) is 0 Å². The second-order valence-electron chi connectivity index (χ2n) is 11.0. The number of phenols is 1. The Morgan fingerprint density at radius 1 is 0.711 bits per heavy atom. The lowest BCUT2D eigenvalue weighted by molar-refractivity contribution is -0.278. The van der Waals surface area contributed by atoms with Gasteiger partial charge in [-0.1, -0.05) is 6.07 Å². The Balaban J connectivity index is 1.59. The first-order valence-electron chi connectivity index (χ1n) is 14.2. The van der Waals surface area contributed by atoms with Crippen LogP contribution in [0.3, 0.4) is 0 Å². The molecule has 45 heavy (non-hydrogen) atoms. The number of ether oxygens (including phenoxy) is 7. The van der Waals surface area contributed by atoms with E-state index in [9.17, 15) is 46.0 Å². The highest BCUT2D eigenvalue weighted by Crippen LogP contribution is 2.51. The van der Waals surface area contributed by atoms with Crippen molar-refractivity contribution in [2.45, 2.75) is 73.8 Å². The quantitative estimate of drug-likeness (QED) is 0.137. The summed E-state index contributed by atoms with van der Waals surface area (Å²) in [4.78, 5) is 0. The number of phenolic OH excluding ortho intramolecular Hbond substituents is 1. The van der Waals surface area contributed by atoms with Gasteiger partial charge in [-0.15, -0.1) is 0 Å². The van der Waals surface area contributed by atoms with Crippen LogP contribution in [0.2, 0.25) is 0 Å². The molecule has 0 unspecified atom stereocenters. The molecular formula is C29H38O16. The van der Waals surface area contributed by atoms with Crippen LogP contribution in [0.1, 0.15) is 17.0 Å². The van der Waals surface area contributed by atoms with Crippen molar-refractivity contribution in [2.24, 2.45) is 0 Å². The lowest BCUT2D eigenvalue weighted by atomic mass is 9.89. The van der Waals surface area contributed by atoms with E-state index in [1.54, 1.807) is 6.07 Å². The van der Waals surface area contributed by atoms with Crippen molar-refractivity contribution in [2.75, 3.05) is 34.0 Å². The van der Waals surface area contributed by atoms with Crippen molar-refractivity contribution in [3.8, 4) is 34.5 Å². The highest BCUT2D eigenvalue weighted by molar-refractivity contribution is 5.64. The van der Waals surface area contributed by atoms with E-state index in [-0.39, 0.29) is 35.4 Å². The van der Waals surface area contributed by atoms with Gasteiger partial charge in [-0.05, 0) is 24.1 Å². The molecule has 2 fully saturated rings. The van der Waals surface area contributed by atoms with E-state index < -0.39 is 80.5 Å². The molecule has 3 aliphatic rings. The number of methoxy groups -OCH3 is 2. The minimum absolute atomic E-state index is 0.0140. The van der Waals surface area contributed by atoms with Crippen LogP contribution in [0.25, 0.3) is 0 Å². The summed E-state index contributed by atoms with van der Waals surface area (Å²) in [5, 5.41) is 91.7. The summed E-state index contributed by atoms with van der Waals surface area (Å²) in [6, 6.07) is 6.11. The molecule has 2 saturated heterocycles. The predicted molar refractivity (Wildman–Crippen MR) is 148 cm³/mol. The third-order valence-electron chi connectivity index (χ3n) is 8.16. The van der Waals surface area contributed by atoms with Crippen LogP contribution in [-0.2, 0) is 15.9 Å². The van der Waals surface area contributed by atoms with E-state index in [1.807, 2.05) is 0 Å². The molecular weight excluding hydrogens is 604 g/mol. The highest BCUT2D eigenvalue weighted by Gasteiger charge is 2.47. The average molecular weight is 643 g/mol. The highest BCUT2D eigenvalue weighted by atomic mass is 16.7. The van der Waals surface area contributed by atoms with Gasteiger partial charge in [0.25, 0.3) is 0 Å². The first-order valence-corrected chi connectivity index (χ1v) is 14.2. The second kappa shape index (κ2) is 13.7. The summed E-state index contributed by atoms with van der Waals surface area (Å²) in [5.41, 5.74) is 1.07. The number of rotatable bonds is 9. The summed E-state index contributed by atoms with van der Waals surface area (Å²) >= 11 is 0. The van der Waals surface area contributed by atoms with Crippen LogP contribution < -0.4 is 23.7 Å². The van der Waals surface area contributed by atoms with Gasteiger partial charge in [-0.2, -0.15) is 0 Å².